The van der Waals surface area contributed by atoms with Gasteiger partial charge in [-0.05, 0) is 117 Å². The van der Waals surface area contributed by atoms with Crippen LogP contribution in [0.2, 0.25) is 0 Å². The molecule has 0 amide bonds. The SMILES string of the molecule is C1=CC(c2cc(N(c3ccc(-c4cc5ccccc5c5oc(-c6ccc7ccccc7c6)nc45)cc3)C3C=CC(c4ccccc4)=CC3)ccc2-c2ccccc2)=CCC1. The number of hydrogen-bond acceptors (Lipinski definition) is 3. The second-order valence-corrected chi connectivity index (χ2v) is 15.7. The van der Waals surface area contributed by atoms with Gasteiger partial charge in [-0.25, -0.2) is 4.98 Å². The highest BCUT2D eigenvalue weighted by Gasteiger charge is 2.24. The highest BCUT2D eigenvalue weighted by atomic mass is 16.3. The van der Waals surface area contributed by atoms with Crippen LogP contribution in [0.4, 0.5) is 11.4 Å². The molecule has 286 valence electrons. The third-order valence-corrected chi connectivity index (χ3v) is 12.0. The Bertz CT molecular complexity index is 3170. The molecule has 3 nitrogen and oxygen atoms in total. The quantitative estimate of drug-likeness (QED) is 0.154. The van der Waals surface area contributed by atoms with E-state index in [1.807, 2.05) is 0 Å². The summed E-state index contributed by atoms with van der Waals surface area (Å²) >= 11 is 0. The topological polar surface area (TPSA) is 29.3 Å². The van der Waals surface area contributed by atoms with Crippen molar-refractivity contribution in [2.45, 2.75) is 25.3 Å². The molecule has 1 atom stereocenters. The van der Waals surface area contributed by atoms with Crippen LogP contribution in [0.1, 0.15) is 30.4 Å². The average molecular weight is 771 g/mol. The first-order valence-electron chi connectivity index (χ1n) is 20.9. The Balaban J connectivity index is 1.02. The molecule has 1 heterocycles. The lowest BCUT2D eigenvalue weighted by Gasteiger charge is -2.34. The minimum Gasteiger partial charge on any atom is -0.435 e. The van der Waals surface area contributed by atoms with Crippen LogP contribution in [0.5, 0.6) is 0 Å². The van der Waals surface area contributed by atoms with Crippen LogP contribution in [0.15, 0.2) is 217 Å². The second kappa shape index (κ2) is 15.4. The van der Waals surface area contributed by atoms with Crippen molar-refractivity contribution in [3.8, 4) is 33.7 Å². The van der Waals surface area contributed by atoms with Gasteiger partial charge in [0.05, 0.1) is 6.04 Å². The van der Waals surface area contributed by atoms with Gasteiger partial charge in [-0.3, -0.25) is 0 Å². The molecule has 0 radical (unpaired) electrons. The minimum atomic E-state index is 0.113. The Hall–Kier alpha value is -7.49. The maximum atomic E-state index is 6.68. The van der Waals surface area contributed by atoms with Crippen LogP contribution in [0.3, 0.4) is 0 Å². The second-order valence-electron chi connectivity index (χ2n) is 15.7. The molecule has 8 aromatic carbocycles. The summed E-state index contributed by atoms with van der Waals surface area (Å²) in [5.41, 5.74) is 14.6. The van der Waals surface area contributed by atoms with E-state index in [1.54, 1.807) is 0 Å². The van der Waals surface area contributed by atoms with Crippen LogP contribution < -0.4 is 4.90 Å². The first-order valence-corrected chi connectivity index (χ1v) is 20.9. The number of nitrogens with zero attached hydrogens (tertiary/aromatic N) is 2. The van der Waals surface area contributed by atoms with Crippen molar-refractivity contribution in [1.29, 1.82) is 0 Å². The van der Waals surface area contributed by atoms with E-state index in [4.69, 9.17) is 9.40 Å². The van der Waals surface area contributed by atoms with Crippen molar-refractivity contribution in [2.75, 3.05) is 4.90 Å². The molecule has 1 aromatic heterocycles. The fourth-order valence-corrected chi connectivity index (χ4v) is 8.99. The van der Waals surface area contributed by atoms with Gasteiger partial charge >= 0.3 is 0 Å². The maximum absolute atomic E-state index is 6.68. The van der Waals surface area contributed by atoms with E-state index in [2.05, 4.69) is 217 Å². The van der Waals surface area contributed by atoms with E-state index in [-0.39, 0.29) is 6.04 Å². The molecule has 2 aliphatic carbocycles. The van der Waals surface area contributed by atoms with Crippen LogP contribution in [0, 0.1) is 0 Å². The lowest BCUT2D eigenvalue weighted by molar-refractivity contribution is 0.623. The molecule has 11 rings (SSSR count). The lowest BCUT2D eigenvalue weighted by atomic mass is 9.90. The maximum Gasteiger partial charge on any atom is 0.227 e. The first-order chi connectivity index (χ1) is 29.7. The van der Waals surface area contributed by atoms with Crippen LogP contribution >= 0.6 is 0 Å². The Labute approximate surface area is 350 Å². The number of fused-ring (bicyclic) bond motifs is 4. The molecule has 3 heteroatoms. The van der Waals surface area contributed by atoms with Crippen molar-refractivity contribution in [2.24, 2.45) is 0 Å². The summed E-state index contributed by atoms with van der Waals surface area (Å²) in [5, 5.41) is 4.54. The number of anilines is 2. The highest BCUT2D eigenvalue weighted by Crippen LogP contribution is 2.42. The Morgan fingerprint density at radius 2 is 1.18 bits per heavy atom. The van der Waals surface area contributed by atoms with Gasteiger partial charge < -0.3 is 9.32 Å². The summed E-state index contributed by atoms with van der Waals surface area (Å²) < 4.78 is 6.68. The summed E-state index contributed by atoms with van der Waals surface area (Å²) in [5.74, 6) is 0.626. The molecule has 9 aromatic rings. The lowest BCUT2D eigenvalue weighted by Crippen LogP contribution is -2.30. The number of hydrogen-bond donors (Lipinski definition) is 0. The van der Waals surface area contributed by atoms with Crippen LogP contribution in [-0.4, -0.2) is 11.0 Å². The number of rotatable bonds is 8. The molecule has 0 saturated heterocycles. The Morgan fingerprint density at radius 3 is 1.95 bits per heavy atom. The molecule has 0 aliphatic heterocycles. The molecule has 0 saturated carbocycles. The predicted octanol–water partition coefficient (Wildman–Crippen LogP) is 15.4. The van der Waals surface area contributed by atoms with Crippen molar-refractivity contribution >= 4 is 55.2 Å². The molecular weight excluding hydrogens is 729 g/mol. The Morgan fingerprint density at radius 1 is 0.483 bits per heavy atom. The van der Waals surface area contributed by atoms with Crippen molar-refractivity contribution < 1.29 is 4.42 Å². The standard InChI is InChI=1S/C57H42N2O/c1-4-14-39(15-5-1)41-26-30-48(31-27-41)59(50-34-35-51(42-17-6-2-7-18-42)53(38-50)43-19-8-3-9-20-43)49-32-28-44(29-33-49)54-37-46-22-12-13-23-52(46)56-55(54)58-57(60-56)47-25-24-40-16-10-11-21-45(40)36-47/h1-2,4-8,10-30,32-38,48H,3,9,31H2. The van der Waals surface area contributed by atoms with Crippen LogP contribution in [-0.2, 0) is 0 Å². The zero-order valence-electron chi connectivity index (χ0n) is 33.2. The van der Waals surface area contributed by atoms with Gasteiger partial charge in [0.25, 0.3) is 0 Å². The number of oxazole rings is 1. The van der Waals surface area contributed by atoms with E-state index in [0.29, 0.717) is 5.89 Å². The molecular formula is C57H42N2O. The van der Waals surface area contributed by atoms with Gasteiger partial charge in [0.15, 0.2) is 5.58 Å². The third kappa shape index (κ3) is 6.64. The van der Waals surface area contributed by atoms with E-state index in [1.165, 1.54) is 38.8 Å². The number of aromatic nitrogens is 1. The summed E-state index contributed by atoms with van der Waals surface area (Å²) in [6.45, 7) is 0. The predicted molar refractivity (Wildman–Crippen MR) is 252 cm³/mol. The molecule has 0 bridgehead atoms. The van der Waals surface area contributed by atoms with E-state index < -0.39 is 0 Å². The molecule has 60 heavy (non-hydrogen) atoms. The van der Waals surface area contributed by atoms with Gasteiger partial charge in [0.1, 0.15) is 5.52 Å². The highest BCUT2D eigenvalue weighted by molar-refractivity contribution is 6.10. The van der Waals surface area contributed by atoms with E-state index in [0.717, 1.165) is 74.6 Å². The van der Waals surface area contributed by atoms with E-state index >= 15 is 0 Å². The third-order valence-electron chi connectivity index (χ3n) is 12.0. The summed E-state index contributed by atoms with van der Waals surface area (Å²) in [4.78, 5) is 7.72. The van der Waals surface area contributed by atoms with Crippen molar-refractivity contribution in [1.82, 2.24) is 4.98 Å². The minimum absolute atomic E-state index is 0.113. The number of benzene rings is 8. The smallest absolute Gasteiger partial charge is 0.227 e. The summed E-state index contributed by atoms with van der Waals surface area (Å²) in [6.07, 6.45) is 17.0. The van der Waals surface area contributed by atoms with Gasteiger partial charge in [0.2, 0.25) is 5.89 Å². The van der Waals surface area contributed by atoms with Gasteiger partial charge in [-0.1, -0.05) is 170 Å². The first kappa shape index (κ1) is 35.7. The monoisotopic (exact) mass is 770 g/mol. The normalized spacial score (nSPS) is 15.0. The van der Waals surface area contributed by atoms with E-state index in [9.17, 15) is 0 Å². The zero-order valence-corrected chi connectivity index (χ0v) is 33.2. The molecule has 2 aliphatic rings. The molecule has 0 spiro atoms. The van der Waals surface area contributed by atoms with Crippen molar-refractivity contribution in [3.05, 3.63) is 224 Å². The molecule has 1 unspecified atom stereocenters. The fourth-order valence-electron chi connectivity index (χ4n) is 8.99. The largest absolute Gasteiger partial charge is 0.435 e. The summed E-state index contributed by atoms with van der Waals surface area (Å²) in [6, 6.07) is 63.2. The van der Waals surface area contributed by atoms with Gasteiger partial charge in [0, 0.05) is 27.9 Å². The average Bonchev–Trinajstić information content (AvgIpc) is 3.79. The fraction of sp³-hybridized carbons (Fsp3) is 0.0702. The number of allylic oxidation sites excluding steroid dienone is 6. The molecule has 0 N–H and O–H groups in total. The van der Waals surface area contributed by atoms with Crippen LogP contribution in [0.25, 0.3) is 77.5 Å². The summed E-state index contributed by atoms with van der Waals surface area (Å²) in [7, 11) is 0. The zero-order chi connectivity index (χ0) is 39.8. The Kier molecular flexibility index (Phi) is 9.13. The van der Waals surface area contributed by atoms with Crippen molar-refractivity contribution in [3.63, 3.8) is 0 Å². The molecule has 0 fully saturated rings. The van der Waals surface area contributed by atoms with Gasteiger partial charge in [-0.15, -0.1) is 0 Å². The van der Waals surface area contributed by atoms with Gasteiger partial charge in [-0.2, -0.15) is 0 Å².